The predicted molar refractivity (Wildman–Crippen MR) is 69.8 cm³/mol. The summed E-state index contributed by atoms with van der Waals surface area (Å²) in [7, 11) is 0. The molecule has 1 aromatic carbocycles. The minimum Gasteiger partial charge on any atom is -0.441 e. The smallest absolute Gasteiger partial charge is 0.195 e. The molecule has 0 atom stereocenters. The molecule has 0 saturated carbocycles. The first-order valence-corrected chi connectivity index (χ1v) is 6.15. The van der Waals surface area contributed by atoms with Gasteiger partial charge in [-0.3, -0.25) is 0 Å². The van der Waals surface area contributed by atoms with Crippen molar-refractivity contribution in [3.05, 3.63) is 30.2 Å². The van der Waals surface area contributed by atoms with Crippen LogP contribution in [0.2, 0.25) is 0 Å². The lowest BCUT2D eigenvalue weighted by Crippen LogP contribution is -2.17. The van der Waals surface area contributed by atoms with Crippen LogP contribution in [0.3, 0.4) is 0 Å². The van der Waals surface area contributed by atoms with E-state index in [2.05, 4.69) is 18.8 Å². The fraction of sp³-hybridized carbons (Fsp3) is 0.500. The summed E-state index contributed by atoms with van der Waals surface area (Å²) in [5.41, 5.74) is 7.68. The van der Waals surface area contributed by atoms with E-state index in [1.807, 2.05) is 24.3 Å². The number of nitrogens with two attached hydrogens (primary N) is 1. The third kappa shape index (κ3) is 3.07. The van der Waals surface area contributed by atoms with Crippen LogP contribution in [0.5, 0.6) is 0 Å². The Morgan fingerprint density at radius 3 is 2.71 bits per heavy atom. The monoisotopic (exact) mass is 232 g/mol. The molecule has 0 radical (unpaired) electrons. The van der Waals surface area contributed by atoms with E-state index < -0.39 is 0 Å². The quantitative estimate of drug-likeness (QED) is 0.861. The van der Waals surface area contributed by atoms with E-state index in [1.54, 1.807) is 0 Å². The molecule has 0 unspecified atom stereocenters. The number of rotatable bonds is 5. The van der Waals surface area contributed by atoms with Crippen molar-refractivity contribution in [3.63, 3.8) is 0 Å². The Kier molecular flexibility index (Phi) is 3.48. The maximum Gasteiger partial charge on any atom is 0.195 e. The number of aryl methyl sites for hydroxylation is 1. The van der Waals surface area contributed by atoms with Crippen molar-refractivity contribution < 1.29 is 4.42 Å². The zero-order valence-corrected chi connectivity index (χ0v) is 10.6. The highest BCUT2D eigenvalue weighted by molar-refractivity contribution is 5.72. The van der Waals surface area contributed by atoms with E-state index in [1.165, 1.54) is 0 Å². The van der Waals surface area contributed by atoms with Crippen LogP contribution < -0.4 is 5.73 Å². The van der Waals surface area contributed by atoms with Crippen LogP contribution >= 0.6 is 0 Å². The molecule has 92 valence electrons. The number of para-hydroxylation sites is 2. The summed E-state index contributed by atoms with van der Waals surface area (Å²) >= 11 is 0. The third-order valence-electron chi connectivity index (χ3n) is 3.17. The van der Waals surface area contributed by atoms with Gasteiger partial charge in [0.1, 0.15) is 5.52 Å². The fourth-order valence-electron chi connectivity index (χ4n) is 1.99. The van der Waals surface area contributed by atoms with Crippen molar-refractivity contribution in [3.8, 4) is 0 Å². The average Bonchev–Trinajstić information content (AvgIpc) is 2.69. The van der Waals surface area contributed by atoms with Gasteiger partial charge < -0.3 is 10.2 Å². The number of hydrogen-bond donors (Lipinski definition) is 1. The Hall–Kier alpha value is -1.35. The highest BCUT2D eigenvalue weighted by Crippen LogP contribution is 2.27. The molecule has 0 bridgehead atoms. The second-order valence-corrected chi connectivity index (χ2v) is 5.28. The van der Waals surface area contributed by atoms with Crippen molar-refractivity contribution in [2.45, 2.75) is 33.1 Å². The summed E-state index contributed by atoms with van der Waals surface area (Å²) in [4.78, 5) is 4.48. The van der Waals surface area contributed by atoms with Crippen molar-refractivity contribution in [1.82, 2.24) is 4.98 Å². The molecule has 0 amide bonds. The second-order valence-electron chi connectivity index (χ2n) is 5.28. The summed E-state index contributed by atoms with van der Waals surface area (Å²) in [6, 6.07) is 7.88. The molecule has 1 heterocycles. The highest BCUT2D eigenvalue weighted by Gasteiger charge is 2.18. The summed E-state index contributed by atoms with van der Waals surface area (Å²) in [6.07, 6.45) is 2.96. The van der Waals surface area contributed by atoms with E-state index in [-0.39, 0.29) is 5.41 Å². The van der Waals surface area contributed by atoms with Gasteiger partial charge in [0.25, 0.3) is 0 Å². The number of aromatic nitrogens is 1. The van der Waals surface area contributed by atoms with Crippen LogP contribution in [0.4, 0.5) is 0 Å². The van der Waals surface area contributed by atoms with Gasteiger partial charge in [0, 0.05) is 6.42 Å². The first-order chi connectivity index (χ1) is 8.11. The van der Waals surface area contributed by atoms with Crippen LogP contribution in [0.25, 0.3) is 11.1 Å². The van der Waals surface area contributed by atoms with Crippen LogP contribution in [0, 0.1) is 5.41 Å². The number of nitrogens with zero attached hydrogens (tertiary/aromatic N) is 1. The minimum atomic E-state index is 0.259. The molecule has 0 spiro atoms. The highest BCUT2D eigenvalue weighted by atomic mass is 16.3. The second kappa shape index (κ2) is 4.88. The number of benzene rings is 1. The summed E-state index contributed by atoms with van der Waals surface area (Å²) in [5, 5.41) is 0. The van der Waals surface area contributed by atoms with Crippen LogP contribution in [-0.4, -0.2) is 11.5 Å². The molecule has 3 heteroatoms. The summed E-state index contributed by atoms with van der Waals surface area (Å²) in [5.74, 6) is 0.830. The van der Waals surface area contributed by atoms with E-state index in [4.69, 9.17) is 10.2 Å². The predicted octanol–water partition coefficient (Wildman–Crippen LogP) is 3.14. The Bertz CT molecular complexity index is 455. The minimum absolute atomic E-state index is 0.259. The molecule has 2 aromatic rings. The van der Waals surface area contributed by atoms with E-state index in [9.17, 15) is 0 Å². The lowest BCUT2D eigenvalue weighted by Gasteiger charge is -2.22. The lowest BCUT2D eigenvalue weighted by molar-refractivity contribution is 0.302. The first-order valence-electron chi connectivity index (χ1n) is 6.15. The van der Waals surface area contributed by atoms with Crippen molar-refractivity contribution in [2.75, 3.05) is 6.54 Å². The van der Waals surface area contributed by atoms with Gasteiger partial charge in [0.05, 0.1) is 0 Å². The van der Waals surface area contributed by atoms with Crippen LogP contribution in [0.15, 0.2) is 28.7 Å². The third-order valence-corrected chi connectivity index (χ3v) is 3.17. The topological polar surface area (TPSA) is 52.0 Å². The van der Waals surface area contributed by atoms with Crippen LogP contribution in [-0.2, 0) is 6.42 Å². The molecular weight excluding hydrogens is 212 g/mol. The maximum atomic E-state index is 5.70. The summed E-state index contributed by atoms with van der Waals surface area (Å²) in [6.45, 7) is 5.21. The van der Waals surface area contributed by atoms with Crippen molar-refractivity contribution >= 4 is 11.1 Å². The molecule has 17 heavy (non-hydrogen) atoms. The normalized spacial score (nSPS) is 12.2. The fourth-order valence-corrected chi connectivity index (χ4v) is 1.99. The maximum absolute atomic E-state index is 5.70. The molecule has 2 N–H and O–H groups in total. The zero-order valence-electron chi connectivity index (χ0n) is 10.6. The lowest BCUT2D eigenvalue weighted by atomic mass is 9.84. The molecule has 0 fully saturated rings. The zero-order chi connectivity index (χ0) is 12.3. The molecule has 1 aromatic heterocycles. The molecule has 3 nitrogen and oxygen atoms in total. The van der Waals surface area contributed by atoms with E-state index in [0.717, 1.165) is 42.8 Å². The van der Waals surface area contributed by atoms with Gasteiger partial charge in [0.15, 0.2) is 11.5 Å². The Balaban J connectivity index is 2.04. The molecule has 0 aliphatic heterocycles. The van der Waals surface area contributed by atoms with Gasteiger partial charge in [-0.1, -0.05) is 26.0 Å². The Morgan fingerprint density at radius 1 is 1.24 bits per heavy atom. The SMILES string of the molecule is CC(C)(CCN)CCc1nc2ccccc2o1. The van der Waals surface area contributed by atoms with Gasteiger partial charge in [-0.15, -0.1) is 0 Å². The van der Waals surface area contributed by atoms with Gasteiger partial charge in [0.2, 0.25) is 0 Å². The van der Waals surface area contributed by atoms with Crippen molar-refractivity contribution in [1.29, 1.82) is 0 Å². The molecule has 0 aliphatic carbocycles. The Morgan fingerprint density at radius 2 is 2.00 bits per heavy atom. The standard InChI is InChI=1S/C14H20N2O/c1-14(2,9-10-15)8-7-13-16-11-5-3-4-6-12(11)17-13/h3-6H,7-10,15H2,1-2H3. The molecular formula is C14H20N2O. The van der Waals surface area contributed by atoms with E-state index in [0.29, 0.717) is 0 Å². The van der Waals surface area contributed by atoms with Crippen molar-refractivity contribution in [2.24, 2.45) is 11.1 Å². The average molecular weight is 232 g/mol. The van der Waals surface area contributed by atoms with E-state index >= 15 is 0 Å². The Labute approximate surface area is 102 Å². The summed E-state index contributed by atoms with van der Waals surface area (Å²) < 4.78 is 5.70. The molecule has 0 saturated heterocycles. The van der Waals surface area contributed by atoms with Gasteiger partial charge >= 0.3 is 0 Å². The number of fused-ring (bicyclic) bond motifs is 1. The number of oxazole rings is 1. The van der Waals surface area contributed by atoms with Crippen LogP contribution in [0.1, 0.15) is 32.6 Å². The van der Waals surface area contributed by atoms with Gasteiger partial charge in [-0.2, -0.15) is 0 Å². The number of hydrogen-bond acceptors (Lipinski definition) is 3. The van der Waals surface area contributed by atoms with Gasteiger partial charge in [-0.25, -0.2) is 4.98 Å². The molecule has 2 rings (SSSR count). The first kappa shape index (κ1) is 12.1. The van der Waals surface area contributed by atoms with Gasteiger partial charge in [-0.05, 0) is 36.9 Å². The molecule has 0 aliphatic rings. The largest absolute Gasteiger partial charge is 0.441 e.